The van der Waals surface area contributed by atoms with Gasteiger partial charge in [0.15, 0.2) is 25.1 Å². The van der Waals surface area contributed by atoms with Crippen molar-refractivity contribution in [2.45, 2.75) is 0 Å². The number of carbonyl (C=O) groups is 4. The highest BCUT2D eigenvalue weighted by atomic mass is 16.1. The number of hydrogen-bond acceptors (Lipinski definition) is 6. The lowest BCUT2D eigenvalue weighted by Crippen LogP contribution is -1.95. The number of carbonyl (C=O) groups excluding carboxylic acids is 4. The van der Waals surface area contributed by atoms with Crippen molar-refractivity contribution in [1.29, 1.82) is 0 Å². The van der Waals surface area contributed by atoms with Gasteiger partial charge in [0.2, 0.25) is 0 Å². The van der Waals surface area contributed by atoms with Gasteiger partial charge in [-0.1, -0.05) is 24.3 Å². The van der Waals surface area contributed by atoms with E-state index in [9.17, 15) is 19.2 Å². The van der Waals surface area contributed by atoms with Gasteiger partial charge in [-0.2, -0.15) is 0 Å². The van der Waals surface area contributed by atoms with Crippen LogP contribution in [-0.4, -0.2) is 35.1 Å². The molecule has 6 nitrogen and oxygen atoms in total. The lowest BCUT2D eigenvalue weighted by Gasteiger charge is -2.07. The summed E-state index contributed by atoms with van der Waals surface area (Å²) in [6, 6.07) is 13.6. The molecule has 0 fully saturated rings. The second kappa shape index (κ2) is 7.40. The summed E-state index contributed by atoms with van der Waals surface area (Å²) in [6.45, 7) is 0. The monoisotopic (exact) mass is 344 g/mol. The first-order valence-corrected chi connectivity index (χ1v) is 7.62. The Morgan fingerprint density at radius 3 is 0.962 bits per heavy atom. The normalized spacial score (nSPS) is 10.2. The molecular formula is C20H12N2O4. The number of aromatic nitrogens is 2. The van der Waals surface area contributed by atoms with Crippen LogP contribution in [0.15, 0.2) is 48.5 Å². The molecule has 0 aliphatic heterocycles. The Morgan fingerprint density at radius 1 is 0.462 bits per heavy atom. The Kier molecular flexibility index (Phi) is 4.85. The van der Waals surface area contributed by atoms with Crippen LogP contribution >= 0.6 is 0 Å². The van der Waals surface area contributed by atoms with E-state index in [1.54, 1.807) is 24.3 Å². The number of aldehydes is 4. The highest BCUT2D eigenvalue weighted by Gasteiger charge is 2.07. The van der Waals surface area contributed by atoms with Crippen molar-refractivity contribution in [2.24, 2.45) is 0 Å². The predicted octanol–water partition coefficient (Wildman–Crippen LogP) is 3.06. The summed E-state index contributed by atoms with van der Waals surface area (Å²) in [4.78, 5) is 51.7. The highest BCUT2D eigenvalue weighted by molar-refractivity contribution is 5.84. The Labute approximate surface area is 148 Å². The first kappa shape index (κ1) is 17.0. The summed E-state index contributed by atoms with van der Waals surface area (Å²) in [5.41, 5.74) is 3.66. The quantitative estimate of drug-likeness (QED) is 0.638. The number of pyridine rings is 2. The van der Waals surface area contributed by atoms with E-state index < -0.39 is 0 Å². The van der Waals surface area contributed by atoms with E-state index in [2.05, 4.69) is 9.97 Å². The summed E-state index contributed by atoms with van der Waals surface area (Å²) in [5, 5.41) is 0. The van der Waals surface area contributed by atoms with Crippen LogP contribution in [0.2, 0.25) is 0 Å². The van der Waals surface area contributed by atoms with Crippen LogP contribution in [0.25, 0.3) is 22.3 Å². The third-order valence-corrected chi connectivity index (χ3v) is 3.76. The smallest absolute Gasteiger partial charge is 0.168 e. The fourth-order valence-corrected chi connectivity index (χ4v) is 2.58. The maximum atomic E-state index is 11.0. The van der Waals surface area contributed by atoms with Crippen molar-refractivity contribution in [3.8, 4) is 22.3 Å². The van der Waals surface area contributed by atoms with Crippen molar-refractivity contribution in [3.63, 3.8) is 0 Å². The molecule has 0 unspecified atom stereocenters. The second-order valence-corrected chi connectivity index (χ2v) is 5.46. The first-order valence-electron chi connectivity index (χ1n) is 7.62. The third-order valence-electron chi connectivity index (χ3n) is 3.76. The van der Waals surface area contributed by atoms with E-state index in [0.717, 1.165) is 11.1 Å². The zero-order valence-electron chi connectivity index (χ0n) is 13.5. The predicted molar refractivity (Wildman–Crippen MR) is 94.5 cm³/mol. The fraction of sp³-hybridized carbons (Fsp3) is 0. The molecule has 6 heteroatoms. The van der Waals surface area contributed by atoms with Crippen LogP contribution in [0, 0.1) is 0 Å². The van der Waals surface area contributed by atoms with Gasteiger partial charge in [-0.25, -0.2) is 9.97 Å². The van der Waals surface area contributed by atoms with Gasteiger partial charge in [-0.3, -0.25) is 19.2 Å². The number of rotatable bonds is 6. The molecule has 0 radical (unpaired) electrons. The SMILES string of the molecule is O=Cc1cc(-c2ccc(-c3cc(C=O)nc(C=O)c3)cc2)cc(C=O)n1. The van der Waals surface area contributed by atoms with Crippen LogP contribution < -0.4 is 0 Å². The zero-order chi connectivity index (χ0) is 18.5. The van der Waals surface area contributed by atoms with Crippen molar-refractivity contribution in [1.82, 2.24) is 9.97 Å². The molecule has 0 atom stereocenters. The Balaban J connectivity index is 2.02. The summed E-state index contributed by atoms with van der Waals surface area (Å²) in [7, 11) is 0. The van der Waals surface area contributed by atoms with E-state index in [1.165, 1.54) is 0 Å². The molecule has 26 heavy (non-hydrogen) atoms. The van der Waals surface area contributed by atoms with E-state index in [1.807, 2.05) is 24.3 Å². The summed E-state index contributed by atoms with van der Waals surface area (Å²) >= 11 is 0. The van der Waals surface area contributed by atoms with Crippen molar-refractivity contribution in [2.75, 3.05) is 0 Å². The summed E-state index contributed by atoms with van der Waals surface area (Å²) in [5.74, 6) is 0. The minimum atomic E-state index is 0.175. The minimum absolute atomic E-state index is 0.175. The van der Waals surface area contributed by atoms with Crippen LogP contribution in [-0.2, 0) is 0 Å². The van der Waals surface area contributed by atoms with Gasteiger partial charge < -0.3 is 0 Å². The van der Waals surface area contributed by atoms with Crippen LogP contribution in [0.5, 0.6) is 0 Å². The Morgan fingerprint density at radius 2 is 0.731 bits per heavy atom. The Hall–Kier alpha value is -3.80. The largest absolute Gasteiger partial charge is 0.296 e. The molecule has 0 N–H and O–H groups in total. The average Bonchev–Trinajstić information content (AvgIpc) is 2.72. The van der Waals surface area contributed by atoms with Gasteiger partial charge in [0.25, 0.3) is 0 Å². The lowest BCUT2D eigenvalue weighted by atomic mass is 9.99. The molecule has 1 aromatic carbocycles. The summed E-state index contributed by atoms with van der Waals surface area (Å²) in [6.07, 6.45) is 2.35. The van der Waals surface area contributed by atoms with Crippen molar-refractivity contribution >= 4 is 25.1 Å². The molecule has 3 aromatic rings. The minimum Gasteiger partial charge on any atom is -0.296 e. The number of nitrogens with zero attached hydrogens (tertiary/aromatic N) is 2. The number of hydrogen-bond donors (Lipinski definition) is 0. The molecule has 2 heterocycles. The van der Waals surface area contributed by atoms with E-state index >= 15 is 0 Å². The standard InChI is InChI=1S/C20H12N2O4/c23-9-17-5-15(6-18(10-24)21-17)13-1-2-14(4-3-13)16-7-19(11-25)22-20(8-16)12-26/h1-12H. The van der Waals surface area contributed by atoms with E-state index in [4.69, 9.17) is 0 Å². The topological polar surface area (TPSA) is 94.1 Å². The molecule has 0 aliphatic carbocycles. The van der Waals surface area contributed by atoms with Gasteiger partial charge in [0.1, 0.15) is 22.8 Å². The Bertz CT molecular complexity index is 876. The molecule has 3 rings (SSSR count). The number of benzene rings is 1. The second-order valence-electron chi connectivity index (χ2n) is 5.46. The van der Waals surface area contributed by atoms with Gasteiger partial charge in [0.05, 0.1) is 0 Å². The maximum Gasteiger partial charge on any atom is 0.168 e. The van der Waals surface area contributed by atoms with Crippen LogP contribution in [0.1, 0.15) is 42.0 Å². The average molecular weight is 344 g/mol. The van der Waals surface area contributed by atoms with Gasteiger partial charge in [-0.15, -0.1) is 0 Å². The van der Waals surface area contributed by atoms with Gasteiger partial charge in [0, 0.05) is 0 Å². The first-order chi connectivity index (χ1) is 12.7. The molecule has 2 aromatic heterocycles. The van der Waals surface area contributed by atoms with Crippen molar-refractivity contribution in [3.05, 3.63) is 71.3 Å². The molecular weight excluding hydrogens is 332 g/mol. The molecule has 0 saturated carbocycles. The highest BCUT2D eigenvalue weighted by Crippen LogP contribution is 2.26. The van der Waals surface area contributed by atoms with Crippen molar-refractivity contribution < 1.29 is 19.2 Å². The summed E-state index contributed by atoms with van der Waals surface area (Å²) < 4.78 is 0. The maximum absolute atomic E-state index is 11.0. The molecule has 126 valence electrons. The molecule has 0 saturated heterocycles. The zero-order valence-corrected chi connectivity index (χ0v) is 13.5. The van der Waals surface area contributed by atoms with E-state index in [-0.39, 0.29) is 22.8 Å². The molecule has 0 spiro atoms. The molecule has 0 amide bonds. The van der Waals surface area contributed by atoms with E-state index in [0.29, 0.717) is 36.3 Å². The third kappa shape index (κ3) is 3.49. The fourth-order valence-electron chi connectivity index (χ4n) is 2.58. The van der Waals surface area contributed by atoms with Gasteiger partial charge in [-0.05, 0) is 46.5 Å². The lowest BCUT2D eigenvalue weighted by molar-refractivity contribution is 0.110. The van der Waals surface area contributed by atoms with Gasteiger partial charge >= 0.3 is 0 Å². The van der Waals surface area contributed by atoms with Crippen LogP contribution in [0.4, 0.5) is 0 Å². The van der Waals surface area contributed by atoms with Crippen LogP contribution in [0.3, 0.4) is 0 Å². The molecule has 0 aliphatic rings. The molecule has 0 bridgehead atoms.